The van der Waals surface area contributed by atoms with Crippen molar-refractivity contribution >= 4 is 52.9 Å². The lowest BCUT2D eigenvalue weighted by Crippen LogP contribution is -2.17. The number of benzene rings is 2. The first-order valence-electron chi connectivity index (χ1n) is 7.76. The van der Waals surface area contributed by atoms with Gasteiger partial charge in [0.25, 0.3) is 5.91 Å². The summed E-state index contributed by atoms with van der Waals surface area (Å²) in [4.78, 5) is 23.1. The second kappa shape index (κ2) is 8.48. The molecular weight excluding hydrogens is 427 g/mol. The second-order valence-electron chi connectivity index (χ2n) is 5.53. The number of carboxylic acids is 1. The normalized spacial score (nSPS) is 11.0. The minimum Gasteiger partial charge on any atom is -0.478 e. The monoisotopic (exact) mass is 436 g/mol. The Labute approximate surface area is 174 Å². The van der Waals surface area contributed by atoms with Gasteiger partial charge in [-0.05, 0) is 42.5 Å². The molecule has 0 unspecified atom stereocenters. The molecule has 0 saturated carbocycles. The van der Waals surface area contributed by atoms with E-state index in [0.29, 0.717) is 22.1 Å². The first-order chi connectivity index (χ1) is 13.3. The van der Waals surface area contributed by atoms with Crippen molar-refractivity contribution in [3.8, 4) is 11.3 Å². The van der Waals surface area contributed by atoms with E-state index in [2.05, 4.69) is 10.5 Å². The van der Waals surface area contributed by atoms with Crippen LogP contribution in [0.4, 0.5) is 0 Å². The molecule has 0 aliphatic rings. The second-order valence-corrected chi connectivity index (χ2v) is 6.78. The van der Waals surface area contributed by atoms with Crippen LogP contribution < -0.4 is 5.43 Å². The summed E-state index contributed by atoms with van der Waals surface area (Å²) in [7, 11) is 0. The summed E-state index contributed by atoms with van der Waals surface area (Å²) in [5.41, 5.74) is 3.18. The molecule has 3 rings (SSSR count). The van der Waals surface area contributed by atoms with Gasteiger partial charge in [-0.1, -0.05) is 40.9 Å². The molecule has 1 aromatic heterocycles. The molecule has 0 spiro atoms. The standard InChI is InChI=1S/C19H11Cl3N2O4/c20-11-2-5-13(16(22)8-11)18(25)24-23-9-12-3-6-17(28-12)10-1-4-14(19(26)27)15(21)7-10/h1-9H,(H,24,25)(H,26,27)/b23-9+. The number of aromatic carboxylic acids is 1. The molecule has 0 atom stereocenters. The van der Waals surface area contributed by atoms with Gasteiger partial charge < -0.3 is 9.52 Å². The van der Waals surface area contributed by atoms with E-state index in [0.717, 1.165) is 0 Å². The van der Waals surface area contributed by atoms with Crippen LogP contribution in [0.25, 0.3) is 11.3 Å². The number of nitrogens with one attached hydrogen (secondary N) is 1. The Morgan fingerprint density at radius 2 is 1.68 bits per heavy atom. The predicted octanol–water partition coefficient (Wildman–Crippen LogP) is 5.37. The van der Waals surface area contributed by atoms with Gasteiger partial charge >= 0.3 is 5.97 Å². The molecule has 0 saturated heterocycles. The summed E-state index contributed by atoms with van der Waals surface area (Å²) in [5.74, 6) is -0.774. The summed E-state index contributed by atoms with van der Waals surface area (Å²) in [5, 5.41) is 13.6. The van der Waals surface area contributed by atoms with E-state index >= 15 is 0 Å². The smallest absolute Gasteiger partial charge is 0.337 e. The van der Waals surface area contributed by atoms with Gasteiger partial charge in [-0.15, -0.1) is 0 Å². The molecule has 1 amide bonds. The Bertz CT molecular complexity index is 1090. The van der Waals surface area contributed by atoms with Crippen molar-refractivity contribution in [2.24, 2.45) is 5.10 Å². The number of hydrogen-bond donors (Lipinski definition) is 2. The van der Waals surface area contributed by atoms with Gasteiger partial charge in [0.05, 0.1) is 27.4 Å². The molecule has 0 aliphatic heterocycles. The Morgan fingerprint density at radius 1 is 0.964 bits per heavy atom. The SMILES string of the molecule is O=C(O)c1ccc(-c2ccc(/C=N/NC(=O)c3ccc(Cl)cc3Cl)o2)cc1Cl. The molecule has 6 nitrogen and oxygen atoms in total. The first kappa shape index (κ1) is 19.9. The summed E-state index contributed by atoms with van der Waals surface area (Å²) in [6.07, 6.45) is 1.32. The average Bonchev–Trinajstić information content (AvgIpc) is 3.10. The van der Waals surface area contributed by atoms with Crippen LogP contribution in [0, 0.1) is 0 Å². The van der Waals surface area contributed by atoms with Gasteiger partial charge in [0.2, 0.25) is 0 Å². The molecule has 2 N–H and O–H groups in total. The first-order valence-corrected chi connectivity index (χ1v) is 8.90. The maximum absolute atomic E-state index is 12.1. The van der Waals surface area contributed by atoms with Gasteiger partial charge in [0, 0.05) is 10.6 Å². The lowest BCUT2D eigenvalue weighted by molar-refractivity contribution is 0.0696. The van der Waals surface area contributed by atoms with E-state index < -0.39 is 11.9 Å². The Balaban J connectivity index is 1.70. The van der Waals surface area contributed by atoms with Crippen LogP contribution in [0.3, 0.4) is 0 Å². The molecule has 0 aliphatic carbocycles. The molecule has 0 radical (unpaired) electrons. The van der Waals surface area contributed by atoms with Crippen molar-refractivity contribution in [2.75, 3.05) is 0 Å². The van der Waals surface area contributed by atoms with Crippen LogP contribution in [-0.4, -0.2) is 23.2 Å². The van der Waals surface area contributed by atoms with Crippen LogP contribution in [0.1, 0.15) is 26.5 Å². The van der Waals surface area contributed by atoms with Crippen molar-refractivity contribution in [3.63, 3.8) is 0 Å². The number of carbonyl (C=O) groups excluding carboxylic acids is 1. The zero-order valence-corrected chi connectivity index (χ0v) is 16.2. The van der Waals surface area contributed by atoms with Crippen LogP contribution in [0.15, 0.2) is 58.0 Å². The Kier molecular flexibility index (Phi) is 6.04. The maximum atomic E-state index is 12.1. The molecule has 0 bridgehead atoms. The van der Waals surface area contributed by atoms with Crippen LogP contribution in [0.2, 0.25) is 15.1 Å². The fourth-order valence-electron chi connectivity index (χ4n) is 2.31. The van der Waals surface area contributed by atoms with Gasteiger partial charge in [-0.25, -0.2) is 10.2 Å². The molecule has 142 valence electrons. The van der Waals surface area contributed by atoms with Gasteiger partial charge in [-0.2, -0.15) is 5.10 Å². The molecule has 2 aromatic carbocycles. The maximum Gasteiger partial charge on any atom is 0.337 e. The third-order valence-corrected chi connectivity index (χ3v) is 4.50. The number of hydrogen-bond acceptors (Lipinski definition) is 4. The highest BCUT2D eigenvalue weighted by atomic mass is 35.5. The highest BCUT2D eigenvalue weighted by Gasteiger charge is 2.12. The fraction of sp³-hybridized carbons (Fsp3) is 0. The van der Waals surface area contributed by atoms with Crippen molar-refractivity contribution in [2.45, 2.75) is 0 Å². The topological polar surface area (TPSA) is 91.9 Å². The Hall–Kier alpha value is -2.80. The average molecular weight is 438 g/mol. The minimum atomic E-state index is -1.11. The largest absolute Gasteiger partial charge is 0.478 e. The van der Waals surface area contributed by atoms with Gasteiger partial charge in [-0.3, -0.25) is 4.79 Å². The third kappa shape index (κ3) is 4.54. The molecule has 1 heterocycles. The van der Waals surface area contributed by atoms with Crippen molar-refractivity contribution in [3.05, 3.63) is 80.5 Å². The summed E-state index contributed by atoms with van der Waals surface area (Å²) in [6, 6.07) is 12.3. The number of hydrazone groups is 1. The summed E-state index contributed by atoms with van der Waals surface area (Å²) < 4.78 is 5.60. The van der Waals surface area contributed by atoms with E-state index in [1.54, 1.807) is 24.3 Å². The number of furan rings is 1. The van der Waals surface area contributed by atoms with Crippen LogP contribution >= 0.6 is 34.8 Å². The quantitative estimate of drug-likeness (QED) is 0.415. The van der Waals surface area contributed by atoms with Crippen LogP contribution in [-0.2, 0) is 0 Å². The van der Waals surface area contributed by atoms with E-state index in [1.165, 1.54) is 30.5 Å². The molecule has 0 fully saturated rings. The zero-order chi connectivity index (χ0) is 20.3. The number of nitrogens with zero attached hydrogens (tertiary/aromatic N) is 1. The predicted molar refractivity (Wildman–Crippen MR) is 108 cm³/mol. The lowest BCUT2D eigenvalue weighted by Gasteiger charge is -2.02. The fourth-order valence-corrected chi connectivity index (χ4v) is 3.06. The van der Waals surface area contributed by atoms with E-state index in [4.69, 9.17) is 44.3 Å². The zero-order valence-electron chi connectivity index (χ0n) is 13.9. The van der Waals surface area contributed by atoms with E-state index in [-0.39, 0.29) is 21.2 Å². The van der Waals surface area contributed by atoms with Gasteiger partial charge in [0.15, 0.2) is 0 Å². The van der Waals surface area contributed by atoms with Crippen molar-refractivity contribution in [1.82, 2.24) is 5.43 Å². The molecular formula is C19H11Cl3N2O4. The summed E-state index contributed by atoms with van der Waals surface area (Å²) >= 11 is 17.7. The van der Waals surface area contributed by atoms with Gasteiger partial charge in [0.1, 0.15) is 11.5 Å². The van der Waals surface area contributed by atoms with Crippen molar-refractivity contribution < 1.29 is 19.1 Å². The third-order valence-electron chi connectivity index (χ3n) is 3.64. The highest BCUT2D eigenvalue weighted by molar-refractivity contribution is 6.36. The van der Waals surface area contributed by atoms with Crippen molar-refractivity contribution in [1.29, 1.82) is 0 Å². The highest BCUT2D eigenvalue weighted by Crippen LogP contribution is 2.27. The van der Waals surface area contributed by atoms with E-state index in [1.807, 2.05) is 0 Å². The number of carbonyl (C=O) groups is 2. The molecule has 3 aromatic rings. The lowest BCUT2D eigenvalue weighted by atomic mass is 10.1. The number of amides is 1. The molecule has 9 heteroatoms. The number of rotatable bonds is 5. The summed E-state index contributed by atoms with van der Waals surface area (Å²) in [6.45, 7) is 0. The Morgan fingerprint density at radius 3 is 2.36 bits per heavy atom. The minimum absolute atomic E-state index is 0.00216. The molecule has 28 heavy (non-hydrogen) atoms. The number of halogens is 3. The van der Waals surface area contributed by atoms with Crippen LogP contribution in [0.5, 0.6) is 0 Å². The van der Waals surface area contributed by atoms with E-state index in [9.17, 15) is 9.59 Å². The number of carboxylic acid groups (broad SMARTS) is 1.